The van der Waals surface area contributed by atoms with Crippen LogP contribution < -0.4 is 0 Å². The Balaban J connectivity index is 2.57. The minimum atomic E-state index is 0.274. The zero-order valence-electron chi connectivity index (χ0n) is 10.7. The van der Waals surface area contributed by atoms with Crippen molar-refractivity contribution in [2.75, 3.05) is 25.0 Å². The zero-order valence-corrected chi connectivity index (χ0v) is 12.3. The SMILES string of the molecule is CC(C)N(CCO)CC1(CBr)CCCCC1. The lowest BCUT2D eigenvalue weighted by Crippen LogP contribution is -2.44. The molecule has 0 atom stereocenters. The molecular weight excluding hydrogens is 266 g/mol. The molecule has 0 saturated heterocycles. The van der Waals surface area contributed by atoms with Crippen molar-refractivity contribution in [1.29, 1.82) is 0 Å². The highest BCUT2D eigenvalue weighted by Crippen LogP contribution is 2.38. The molecule has 1 N–H and O–H groups in total. The molecule has 2 nitrogen and oxygen atoms in total. The smallest absolute Gasteiger partial charge is 0.0558 e. The maximum Gasteiger partial charge on any atom is 0.0558 e. The molecule has 1 saturated carbocycles. The number of rotatable bonds is 6. The van der Waals surface area contributed by atoms with Crippen LogP contribution in [0.3, 0.4) is 0 Å². The van der Waals surface area contributed by atoms with Gasteiger partial charge >= 0.3 is 0 Å². The topological polar surface area (TPSA) is 23.5 Å². The van der Waals surface area contributed by atoms with E-state index in [1.807, 2.05) is 0 Å². The molecule has 1 fully saturated rings. The van der Waals surface area contributed by atoms with Gasteiger partial charge in [-0.3, -0.25) is 4.90 Å². The van der Waals surface area contributed by atoms with Crippen LogP contribution in [0.2, 0.25) is 0 Å². The first kappa shape index (κ1) is 14.5. The molecule has 0 radical (unpaired) electrons. The summed E-state index contributed by atoms with van der Waals surface area (Å²) in [4.78, 5) is 2.42. The van der Waals surface area contributed by atoms with Crippen molar-refractivity contribution < 1.29 is 5.11 Å². The highest BCUT2D eigenvalue weighted by atomic mass is 79.9. The van der Waals surface area contributed by atoms with Crippen LogP contribution in [0.15, 0.2) is 0 Å². The molecule has 0 aromatic heterocycles. The Labute approximate surface area is 109 Å². The first-order valence-corrected chi connectivity index (χ1v) is 7.66. The summed E-state index contributed by atoms with van der Waals surface area (Å²) in [6, 6.07) is 0.532. The molecule has 0 heterocycles. The predicted molar refractivity (Wildman–Crippen MR) is 73.1 cm³/mol. The number of alkyl halides is 1. The van der Waals surface area contributed by atoms with E-state index >= 15 is 0 Å². The molecule has 3 heteroatoms. The van der Waals surface area contributed by atoms with Crippen LogP contribution in [0.1, 0.15) is 46.0 Å². The fourth-order valence-electron chi connectivity index (χ4n) is 2.71. The average Bonchev–Trinajstić information content (AvgIpc) is 2.29. The van der Waals surface area contributed by atoms with E-state index < -0.39 is 0 Å². The third-order valence-electron chi connectivity index (χ3n) is 3.85. The first-order chi connectivity index (χ1) is 7.63. The van der Waals surface area contributed by atoms with Gasteiger partial charge in [-0.15, -0.1) is 0 Å². The molecule has 0 aromatic carbocycles. The van der Waals surface area contributed by atoms with Gasteiger partial charge in [0.05, 0.1) is 6.61 Å². The van der Waals surface area contributed by atoms with Gasteiger partial charge in [-0.05, 0) is 32.1 Å². The molecule has 1 aliphatic carbocycles. The summed E-state index contributed by atoms with van der Waals surface area (Å²) in [6.45, 7) is 6.67. The Hall–Kier alpha value is 0.400. The van der Waals surface area contributed by atoms with Crippen molar-refractivity contribution >= 4 is 15.9 Å². The van der Waals surface area contributed by atoms with Crippen LogP contribution in [-0.2, 0) is 0 Å². The second-order valence-electron chi connectivity index (χ2n) is 5.48. The Morgan fingerprint density at radius 2 is 1.88 bits per heavy atom. The fraction of sp³-hybridized carbons (Fsp3) is 1.00. The van der Waals surface area contributed by atoms with Gasteiger partial charge in [-0.25, -0.2) is 0 Å². The summed E-state index contributed by atoms with van der Waals surface area (Å²) >= 11 is 3.71. The second kappa shape index (κ2) is 6.97. The van der Waals surface area contributed by atoms with Crippen LogP contribution in [0.4, 0.5) is 0 Å². The molecule has 16 heavy (non-hydrogen) atoms. The fourth-order valence-corrected chi connectivity index (χ4v) is 3.45. The number of halogens is 1. The van der Waals surface area contributed by atoms with Crippen molar-refractivity contribution in [2.24, 2.45) is 5.41 Å². The van der Waals surface area contributed by atoms with E-state index in [4.69, 9.17) is 5.11 Å². The van der Waals surface area contributed by atoms with Crippen molar-refractivity contribution in [3.63, 3.8) is 0 Å². The van der Waals surface area contributed by atoms with E-state index in [0.29, 0.717) is 11.5 Å². The largest absolute Gasteiger partial charge is 0.395 e. The normalized spacial score (nSPS) is 20.6. The zero-order chi connectivity index (χ0) is 12.0. The van der Waals surface area contributed by atoms with Crippen LogP contribution in [0.5, 0.6) is 0 Å². The highest BCUT2D eigenvalue weighted by molar-refractivity contribution is 9.09. The lowest BCUT2D eigenvalue weighted by atomic mass is 9.75. The van der Waals surface area contributed by atoms with Crippen LogP contribution >= 0.6 is 15.9 Å². The Kier molecular flexibility index (Phi) is 6.30. The third kappa shape index (κ3) is 4.01. The van der Waals surface area contributed by atoms with Gasteiger partial charge in [-0.2, -0.15) is 0 Å². The Bertz CT molecular complexity index is 190. The van der Waals surface area contributed by atoms with Crippen molar-refractivity contribution in [3.05, 3.63) is 0 Å². The summed E-state index contributed by atoms with van der Waals surface area (Å²) < 4.78 is 0. The number of aliphatic hydroxyl groups is 1. The van der Waals surface area contributed by atoms with Gasteiger partial charge in [0.1, 0.15) is 0 Å². The molecular formula is C13H26BrNO. The lowest BCUT2D eigenvalue weighted by Gasteiger charge is -2.41. The molecule has 0 spiro atoms. The quantitative estimate of drug-likeness (QED) is 0.761. The predicted octanol–water partition coefficient (Wildman–Crippen LogP) is 3.03. The standard InChI is InChI=1S/C13H26BrNO/c1-12(2)15(8-9-16)11-13(10-14)6-4-3-5-7-13/h12,16H,3-11H2,1-2H3. The monoisotopic (exact) mass is 291 g/mol. The van der Waals surface area contributed by atoms with Gasteiger partial charge < -0.3 is 5.11 Å². The van der Waals surface area contributed by atoms with Crippen LogP contribution in [-0.4, -0.2) is 41.1 Å². The van der Waals surface area contributed by atoms with E-state index in [1.165, 1.54) is 32.1 Å². The van der Waals surface area contributed by atoms with Crippen LogP contribution in [0.25, 0.3) is 0 Å². The molecule has 1 aliphatic rings. The summed E-state index contributed by atoms with van der Waals surface area (Å²) in [5.74, 6) is 0. The second-order valence-corrected chi connectivity index (χ2v) is 6.04. The van der Waals surface area contributed by atoms with E-state index in [9.17, 15) is 0 Å². The van der Waals surface area contributed by atoms with E-state index in [0.717, 1.165) is 18.4 Å². The van der Waals surface area contributed by atoms with Crippen LogP contribution in [0, 0.1) is 5.41 Å². The minimum absolute atomic E-state index is 0.274. The maximum absolute atomic E-state index is 9.12. The van der Waals surface area contributed by atoms with Gasteiger partial charge in [0.15, 0.2) is 0 Å². The maximum atomic E-state index is 9.12. The Morgan fingerprint density at radius 1 is 1.25 bits per heavy atom. The van der Waals surface area contributed by atoms with Gasteiger partial charge in [0, 0.05) is 24.5 Å². The van der Waals surface area contributed by atoms with E-state index in [2.05, 4.69) is 34.7 Å². The number of aliphatic hydroxyl groups excluding tert-OH is 1. The number of hydrogen-bond acceptors (Lipinski definition) is 2. The molecule has 0 amide bonds. The molecule has 0 aromatic rings. The van der Waals surface area contributed by atoms with Gasteiger partial charge in [-0.1, -0.05) is 35.2 Å². The minimum Gasteiger partial charge on any atom is -0.395 e. The number of nitrogens with zero attached hydrogens (tertiary/aromatic N) is 1. The Morgan fingerprint density at radius 3 is 2.31 bits per heavy atom. The van der Waals surface area contributed by atoms with E-state index in [1.54, 1.807) is 0 Å². The summed E-state index contributed by atoms with van der Waals surface area (Å²) in [6.07, 6.45) is 6.82. The van der Waals surface area contributed by atoms with Crippen molar-refractivity contribution in [3.8, 4) is 0 Å². The molecule has 0 aliphatic heterocycles. The van der Waals surface area contributed by atoms with E-state index in [-0.39, 0.29) is 6.61 Å². The van der Waals surface area contributed by atoms with Gasteiger partial charge in [0.2, 0.25) is 0 Å². The highest BCUT2D eigenvalue weighted by Gasteiger charge is 2.33. The summed E-state index contributed by atoms with van der Waals surface area (Å²) in [5.41, 5.74) is 0.456. The number of hydrogen-bond donors (Lipinski definition) is 1. The van der Waals surface area contributed by atoms with Crippen molar-refractivity contribution in [1.82, 2.24) is 4.90 Å². The summed E-state index contributed by atoms with van der Waals surface area (Å²) in [7, 11) is 0. The van der Waals surface area contributed by atoms with Crippen molar-refractivity contribution in [2.45, 2.75) is 52.0 Å². The molecule has 0 unspecified atom stereocenters. The molecule has 1 rings (SSSR count). The lowest BCUT2D eigenvalue weighted by molar-refractivity contribution is 0.0869. The summed E-state index contributed by atoms with van der Waals surface area (Å²) in [5, 5.41) is 10.2. The molecule has 96 valence electrons. The third-order valence-corrected chi connectivity index (χ3v) is 5.04. The average molecular weight is 292 g/mol. The molecule has 0 bridgehead atoms. The van der Waals surface area contributed by atoms with Gasteiger partial charge in [0.25, 0.3) is 0 Å². The first-order valence-electron chi connectivity index (χ1n) is 6.54.